The van der Waals surface area contributed by atoms with Crippen LogP contribution >= 0.6 is 0 Å². The minimum absolute atomic E-state index is 0.0312. The highest BCUT2D eigenvalue weighted by atomic mass is 16.3. The van der Waals surface area contributed by atoms with E-state index in [1.54, 1.807) is 22.3 Å². The van der Waals surface area contributed by atoms with Gasteiger partial charge in [0.1, 0.15) is 11.2 Å². The fraction of sp³-hybridized carbons (Fsp3) is 0.379. The molecule has 0 aliphatic heterocycles. The van der Waals surface area contributed by atoms with Crippen molar-refractivity contribution in [1.82, 2.24) is 0 Å². The number of hydrogen-bond acceptors (Lipinski definition) is 2. The Bertz CT molecular complexity index is 2930. The summed E-state index contributed by atoms with van der Waals surface area (Å²) in [4.78, 5) is 2.72. The molecule has 8 bridgehead atoms. The summed E-state index contributed by atoms with van der Waals surface area (Å²) in [5.74, 6) is 6.37. The predicted molar refractivity (Wildman–Crippen MR) is 244 cm³/mol. The van der Waals surface area contributed by atoms with Gasteiger partial charge in [0.25, 0.3) is 0 Å². The van der Waals surface area contributed by atoms with Gasteiger partial charge in [-0.3, -0.25) is 0 Å². The third-order valence-corrected chi connectivity index (χ3v) is 18.8. The standard InChI is InChI=1S/C58H53NO/c1-4-12-50-44(8-1)46-22-20-42(32-52(46)57(50)38-18-16-34-24-36(28-38)30-40(57)26-34)59(43-21-23-48-47-10-3-6-15-54(47)60-55(48)33-43)53-14-7-11-49-45-9-2-5-13-51(45)58(56(49)53)39-19-17-35-25-37(29-39)31-41(58)27-35/h1-15,20-23,32-41H,16-19,24-31H2. The van der Waals surface area contributed by atoms with Crippen LogP contribution < -0.4 is 4.90 Å². The van der Waals surface area contributed by atoms with Crippen molar-refractivity contribution in [2.75, 3.05) is 4.90 Å². The topological polar surface area (TPSA) is 16.4 Å². The van der Waals surface area contributed by atoms with Crippen molar-refractivity contribution in [2.45, 2.75) is 87.9 Å². The van der Waals surface area contributed by atoms with Crippen molar-refractivity contribution in [3.05, 3.63) is 150 Å². The van der Waals surface area contributed by atoms with Crippen molar-refractivity contribution in [3.63, 3.8) is 0 Å². The number of rotatable bonds is 3. The molecule has 6 aromatic carbocycles. The number of fused-ring (bicyclic) bond motifs is 11. The average molecular weight is 780 g/mol. The molecule has 0 saturated heterocycles. The third kappa shape index (κ3) is 4.13. The molecule has 1 aromatic heterocycles. The van der Waals surface area contributed by atoms with Gasteiger partial charge in [0.2, 0.25) is 0 Å². The van der Waals surface area contributed by atoms with Crippen LogP contribution in [0.3, 0.4) is 0 Å². The molecular weight excluding hydrogens is 727 g/mol. The van der Waals surface area contributed by atoms with Crippen molar-refractivity contribution in [3.8, 4) is 22.3 Å². The molecule has 0 N–H and O–H groups in total. The maximum absolute atomic E-state index is 6.72. The third-order valence-electron chi connectivity index (χ3n) is 18.8. The van der Waals surface area contributed by atoms with Crippen molar-refractivity contribution < 1.29 is 4.42 Å². The summed E-state index contributed by atoms with van der Waals surface area (Å²) in [5.41, 5.74) is 18.4. The number of anilines is 3. The summed E-state index contributed by atoms with van der Waals surface area (Å²) >= 11 is 0. The van der Waals surface area contributed by atoms with Gasteiger partial charge in [0.15, 0.2) is 0 Å². The molecule has 2 heteroatoms. The van der Waals surface area contributed by atoms with Crippen LogP contribution in [0.5, 0.6) is 0 Å². The van der Waals surface area contributed by atoms with E-state index < -0.39 is 0 Å². The second kappa shape index (κ2) is 11.8. The fourth-order valence-corrected chi connectivity index (χ4v) is 17.2. The molecule has 8 fully saturated rings. The fourth-order valence-electron chi connectivity index (χ4n) is 17.2. The predicted octanol–water partition coefficient (Wildman–Crippen LogP) is 15.3. The van der Waals surface area contributed by atoms with Gasteiger partial charge in [-0.05, 0) is 192 Å². The van der Waals surface area contributed by atoms with E-state index in [9.17, 15) is 0 Å². The van der Waals surface area contributed by atoms with E-state index >= 15 is 0 Å². The summed E-state index contributed by atoms with van der Waals surface area (Å²) in [6, 6.07) is 50.2. The second-order valence-corrected chi connectivity index (χ2v) is 21.2. The van der Waals surface area contributed by atoms with Gasteiger partial charge in [0, 0.05) is 39.0 Å². The van der Waals surface area contributed by atoms with Crippen LogP contribution in [0.4, 0.5) is 17.1 Å². The molecule has 7 aromatic rings. The lowest BCUT2D eigenvalue weighted by Crippen LogP contribution is -2.48. The van der Waals surface area contributed by atoms with Gasteiger partial charge in [0.05, 0.1) is 5.69 Å². The first-order valence-corrected chi connectivity index (χ1v) is 23.9. The van der Waals surface area contributed by atoms with E-state index in [0.29, 0.717) is 17.8 Å². The first-order valence-electron chi connectivity index (χ1n) is 23.9. The number of para-hydroxylation sites is 1. The van der Waals surface area contributed by atoms with Crippen LogP contribution in [0.2, 0.25) is 0 Å². The Balaban J connectivity index is 1.01. The highest BCUT2D eigenvalue weighted by molar-refractivity contribution is 6.06. The van der Waals surface area contributed by atoms with Gasteiger partial charge < -0.3 is 9.32 Å². The molecule has 10 unspecified atom stereocenters. The van der Waals surface area contributed by atoms with Crippen LogP contribution in [0.25, 0.3) is 44.2 Å². The lowest BCUT2D eigenvalue weighted by Gasteiger charge is -2.54. The Morgan fingerprint density at radius 2 is 0.967 bits per heavy atom. The molecule has 10 aliphatic carbocycles. The number of benzene rings is 6. The highest BCUT2D eigenvalue weighted by Crippen LogP contribution is 2.71. The SMILES string of the molecule is c1ccc2c(c1)-c1ccc(N(c3ccc4c(c3)oc3ccccc34)c3cccc4c3C3(c5ccccc5-4)C4CCC5CC(C4)CC3C5)cc1C21C2CCC3CC(C2)CC1C3. The van der Waals surface area contributed by atoms with E-state index in [4.69, 9.17) is 4.42 Å². The van der Waals surface area contributed by atoms with Crippen LogP contribution in [0.1, 0.15) is 99.3 Å². The molecule has 1 heterocycles. The van der Waals surface area contributed by atoms with Crippen LogP contribution in [0, 0.1) is 47.3 Å². The molecule has 296 valence electrons. The van der Waals surface area contributed by atoms with Gasteiger partial charge in [-0.1, -0.05) is 97.8 Å². The number of furan rings is 1. The normalized spacial score (nSPS) is 33.3. The summed E-state index contributed by atoms with van der Waals surface area (Å²) in [5, 5.41) is 2.39. The lowest BCUT2D eigenvalue weighted by molar-refractivity contribution is 0.0617. The largest absolute Gasteiger partial charge is 0.456 e. The molecule has 2 nitrogen and oxygen atoms in total. The molecular formula is C58H53NO. The van der Waals surface area contributed by atoms with Gasteiger partial charge in [-0.15, -0.1) is 0 Å². The molecule has 2 spiro atoms. The Labute approximate surface area is 354 Å². The molecule has 0 radical (unpaired) electrons. The minimum atomic E-state index is 0.0312. The maximum atomic E-state index is 6.72. The number of nitrogens with zero attached hydrogens (tertiary/aromatic N) is 1. The molecule has 60 heavy (non-hydrogen) atoms. The van der Waals surface area contributed by atoms with Crippen molar-refractivity contribution >= 4 is 39.0 Å². The monoisotopic (exact) mass is 779 g/mol. The van der Waals surface area contributed by atoms with Gasteiger partial charge >= 0.3 is 0 Å². The molecule has 10 aliphatic rings. The zero-order valence-corrected chi connectivity index (χ0v) is 34.6. The lowest BCUT2D eigenvalue weighted by atomic mass is 9.50. The van der Waals surface area contributed by atoms with E-state index in [1.165, 1.54) is 127 Å². The smallest absolute Gasteiger partial charge is 0.137 e. The molecule has 0 amide bonds. The minimum Gasteiger partial charge on any atom is -0.456 e. The Kier molecular flexibility index (Phi) is 6.63. The average Bonchev–Trinajstić information content (AvgIpc) is 3.76. The van der Waals surface area contributed by atoms with E-state index in [2.05, 4.69) is 132 Å². The second-order valence-electron chi connectivity index (χ2n) is 21.2. The summed E-state index contributed by atoms with van der Waals surface area (Å²) < 4.78 is 6.72. The maximum Gasteiger partial charge on any atom is 0.137 e. The highest BCUT2D eigenvalue weighted by Gasteiger charge is 2.62. The number of hydrogen-bond donors (Lipinski definition) is 0. The van der Waals surface area contributed by atoms with Crippen LogP contribution in [0.15, 0.2) is 132 Å². The summed E-state index contributed by atoms with van der Waals surface area (Å²) in [6.45, 7) is 0. The van der Waals surface area contributed by atoms with Crippen molar-refractivity contribution in [1.29, 1.82) is 0 Å². The van der Waals surface area contributed by atoms with E-state index in [1.807, 2.05) is 0 Å². The molecule has 17 rings (SSSR count). The first-order chi connectivity index (χ1) is 29.7. The van der Waals surface area contributed by atoms with E-state index in [0.717, 1.165) is 40.8 Å². The summed E-state index contributed by atoms with van der Waals surface area (Å²) in [6.07, 6.45) is 16.8. The zero-order valence-electron chi connectivity index (χ0n) is 34.6. The summed E-state index contributed by atoms with van der Waals surface area (Å²) in [7, 11) is 0. The van der Waals surface area contributed by atoms with Gasteiger partial charge in [-0.25, -0.2) is 0 Å². The molecule has 8 saturated carbocycles. The van der Waals surface area contributed by atoms with Crippen molar-refractivity contribution in [2.24, 2.45) is 47.3 Å². The van der Waals surface area contributed by atoms with Gasteiger partial charge in [-0.2, -0.15) is 0 Å². The molecule has 10 atom stereocenters. The van der Waals surface area contributed by atoms with Crippen LogP contribution in [-0.2, 0) is 10.8 Å². The Hall–Kier alpha value is -5.08. The zero-order chi connectivity index (χ0) is 38.9. The quantitative estimate of drug-likeness (QED) is 0.178. The Morgan fingerprint density at radius 1 is 0.400 bits per heavy atom. The Morgan fingerprint density at radius 3 is 1.77 bits per heavy atom. The van der Waals surface area contributed by atoms with Crippen LogP contribution in [-0.4, -0.2) is 0 Å². The van der Waals surface area contributed by atoms with E-state index in [-0.39, 0.29) is 10.8 Å². The first kappa shape index (κ1) is 33.6.